The number of carbonyl (C=O) groups is 1. The van der Waals surface area contributed by atoms with Gasteiger partial charge in [0.05, 0.1) is 6.61 Å². The van der Waals surface area contributed by atoms with Gasteiger partial charge in [-0.05, 0) is 47.8 Å². The molecule has 110 valence electrons. The van der Waals surface area contributed by atoms with Gasteiger partial charge in [-0.25, -0.2) is 4.79 Å². The Labute approximate surface area is 130 Å². The molecule has 0 atom stereocenters. The number of esters is 1. The minimum absolute atomic E-state index is 0.299. The van der Waals surface area contributed by atoms with Gasteiger partial charge in [-0.15, -0.1) is 0 Å². The molecule has 0 unspecified atom stereocenters. The summed E-state index contributed by atoms with van der Waals surface area (Å²) < 4.78 is 5.08. The summed E-state index contributed by atoms with van der Waals surface area (Å²) in [6.45, 7) is 4.26. The molecule has 1 aliphatic rings. The molecule has 22 heavy (non-hydrogen) atoms. The predicted molar refractivity (Wildman–Crippen MR) is 90.1 cm³/mol. The molecule has 0 spiro atoms. The molecule has 0 radical (unpaired) electrons. The van der Waals surface area contributed by atoms with Crippen LogP contribution in [0.25, 0.3) is 17.2 Å². The minimum atomic E-state index is -0.299. The van der Waals surface area contributed by atoms with Crippen LogP contribution in [0.2, 0.25) is 0 Å². The maximum Gasteiger partial charge on any atom is 0.331 e. The monoisotopic (exact) mass is 290 g/mol. The maximum atomic E-state index is 11.9. The zero-order valence-electron chi connectivity index (χ0n) is 12.8. The number of hydrogen-bond donors (Lipinski definition) is 0. The van der Waals surface area contributed by atoms with Crippen LogP contribution in [-0.2, 0) is 9.53 Å². The second-order valence-corrected chi connectivity index (χ2v) is 5.32. The smallest absolute Gasteiger partial charge is 0.331 e. The zero-order valence-corrected chi connectivity index (χ0v) is 12.8. The predicted octanol–water partition coefficient (Wildman–Crippen LogP) is 4.50. The lowest BCUT2D eigenvalue weighted by Crippen LogP contribution is -2.01. The molecular weight excluding hydrogens is 272 g/mol. The van der Waals surface area contributed by atoms with E-state index in [1.54, 1.807) is 6.08 Å². The molecule has 0 heterocycles. The maximum absolute atomic E-state index is 11.9. The van der Waals surface area contributed by atoms with Gasteiger partial charge in [0.1, 0.15) is 0 Å². The van der Waals surface area contributed by atoms with Gasteiger partial charge in [-0.2, -0.15) is 0 Å². The van der Waals surface area contributed by atoms with Gasteiger partial charge in [0.15, 0.2) is 0 Å². The lowest BCUT2D eigenvalue weighted by molar-refractivity contribution is -0.137. The molecule has 0 fully saturated rings. The molecule has 2 aromatic carbocycles. The van der Waals surface area contributed by atoms with Crippen LogP contribution in [0, 0.1) is 6.92 Å². The Morgan fingerprint density at radius 2 is 1.82 bits per heavy atom. The third kappa shape index (κ3) is 2.73. The van der Waals surface area contributed by atoms with Crippen molar-refractivity contribution < 1.29 is 9.53 Å². The average molecular weight is 290 g/mol. The normalized spacial score (nSPS) is 14.6. The molecule has 0 N–H and O–H groups in total. The number of ether oxygens (including phenoxy) is 1. The molecule has 2 heteroatoms. The standard InChI is InChI=1S/C20H18O2/c1-3-22-20(21)13-19-17-7-5-4-6-16(17)12-18(19)15-10-8-14(2)9-11-15/h4-13H,3H2,1-2H3/b19-13+. The third-order valence-electron chi connectivity index (χ3n) is 3.75. The highest BCUT2D eigenvalue weighted by atomic mass is 16.5. The lowest BCUT2D eigenvalue weighted by atomic mass is 9.96. The summed E-state index contributed by atoms with van der Waals surface area (Å²) >= 11 is 0. The molecular formula is C20H18O2. The Kier molecular flexibility index (Phi) is 3.92. The van der Waals surface area contributed by atoms with E-state index in [1.807, 2.05) is 25.1 Å². The van der Waals surface area contributed by atoms with Crippen molar-refractivity contribution >= 4 is 23.2 Å². The summed E-state index contributed by atoms with van der Waals surface area (Å²) in [7, 11) is 0. The van der Waals surface area contributed by atoms with E-state index in [0.717, 1.165) is 27.8 Å². The van der Waals surface area contributed by atoms with Crippen molar-refractivity contribution in [3.63, 3.8) is 0 Å². The lowest BCUT2D eigenvalue weighted by Gasteiger charge is -2.08. The van der Waals surface area contributed by atoms with E-state index < -0.39 is 0 Å². The van der Waals surface area contributed by atoms with E-state index in [-0.39, 0.29) is 5.97 Å². The highest BCUT2D eigenvalue weighted by Gasteiger charge is 2.20. The van der Waals surface area contributed by atoms with E-state index in [4.69, 9.17) is 4.74 Å². The molecule has 2 nitrogen and oxygen atoms in total. The Balaban J connectivity index is 2.08. The molecule has 2 aromatic rings. The first-order chi connectivity index (χ1) is 10.7. The first-order valence-electron chi connectivity index (χ1n) is 7.46. The molecule has 0 aromatic heterocycles. The van der Waals surface area contributed by atoms with Crippen LogP contribution in [-0.4, -0.2) is 12.6 Å². The van der Waals surface area contributed by atoms with Crippen LogP contribution >= 0.6 is 0 Å². The van der Waals surface area contributed by atoms with Crippen molar-refractivity contribution in [3.8, 4) is 0 Å². The van der Waals surface area contributed by atoms with E-state index in [1.165, 1.54) is 5.56 Å². The number of aryl methyl sites for hydroxylation is 1. The summed E-state index contributed by atoms with van der Waals surface area (Å²) in [5.41, 5.74) is 6.53. The molecule has 3 rings (SSSR count). The SMILES string of the molecule is CCOC(=O)/C=C1/C(c2ccc(C)cc2)=Cc2ccccc21. The van der Waals surface area contributed by atoms with Crippen LogP contribution in [0.3, 0.4) is 0 Å². The minimum Gasteiger partial charge on any atom is -0.463 e. The molecule has 0 aliphatic heterocycles. The zero-order chi connectivity index (χ0) is 15.5. The van der Waals surface area contributed by atoms with Gasteiger partial charge in [0.25, 0.3) is 0 Å². The highest BCUT2D eigenvalue weighted by Crippen LogP contribution is 2.41. The quantitative estimate of drug-likeness (QED) is 0.614. The number of carbonyl (C=O) groups excluding carboxylic acids is 1. The second-order valence-electron chi connectivity index (χ2n) is 5.32. The van der Waals surface area contributed by atoms with E-state index in [0.29, 0.717) is 6.61 Å². The van der Waals surface area contributed by atoms with E-state index in [2.05, 4.69) is 43.3 Å². The van der Waals surface area contributed by atoms with Crippen molar-refractivity contribution in [1.29, 1.82) is 0 Å². The van der Waals surface area contributed by atoms with Crippen LogP contribution in [0.1, 0.15) is 29.2 Å². The summed E-state index contributed by atoms with van der Waals surface area (Å²) in [4.78, 5) is 11.9. The van der Waals surface area contributed by atoms with Gasteiger partial charge in [0, 0.05) is 6.08 Å². The molecule has 0 amide bonds. The topological polar surface area (TPSA) is 26.3 Å². The third-order valence-corrected chi connectivity index (χ3v) is 3.75. The van der Waals surface area contributed by atoms with Gasteiger partial charge in [-0.1, -0.05) is 54.1 Å². The van der Waals surface area contributed by atoms with Crippen molar-refractivity contribution in [1.82, 2.24) is 0 Å². The van der Waals surface area contributed by atoms with Gasteiger partial charge in [0.2, 0.25) is 0 Å². The Morgan fingerprint density at radius 3 is 2.55 bits per heavy atom. The summed E-state index contributed by atoms with van der Waals surface area (Å²) in [6.07, 6.45) is 3.73. The molecule has 0 saturated carbocycles. The summed E-state index contributed by atoms with van der Waals surface area (Å²) in [6, 6.07) is 16.5. The number of rotatable bonds is 3. The van der Waals surface area contributed by atoms with Gasteiger partial charge >= 0.3 is 5.97 Å². The van der Waals surface area contributed by atoms with Crippen molar-refractivity contribution in [2.24, 2.45) is 0 Å². The Hall–Kier alpha value is -2.61. The first kappa shape index (κ1) is 14.3. The fourth-order valence-corrected chi connectivity index (χ4v) is 2.68. The summed E-state index contributed by atoms with van der Waals surface area (Å²) in [5.74, 6) is -0.299. The number of allylic oxidation sites excluding steroid dienone is 2. The Morgan fingerprint density at radius 1 is 1.09 bits per heavy atom. The van der Waals surface area contributed by atoms with Crippen LogP contribution in [0.15, 0.2) is 54.6 Å². The number of fused-ring (bicyclic) bond motifs is 1. The van der Waals surface area contributed by atoms with E-state index in [9.17, 15) is 4.79 Å². The fraction of sp³-hybridized carbons (Fsp3) is 0.150. The van der Waals surface area contributed by atoms with Gasteiger partial charge in [-0.3, -0.25) is 0 Å². The largest absolute Gasteiger partial charge is 0.463 e. The molecule has 0 bridgehead atoms. The number of hydrogen-bond acceptors (Lipinski definition) is 2. The van der Waals surface area contributed by atoms with E-state index >= 15 is 0 Å². The Bertz CT molecular complexity index is 765. The van der Waals surface area contributed by atoms with Gasteiger partial charge < -0.3 is 4.74 Å². The fourth-order valence-electron chi connectivity index (χ4n) is 2.68. The van der Waals surface area contributed by atoms with Crippen molar-refractivity contribution in [2.75, 3.05) is 6.61 Å². The highest BCUT2D eigenvalue weighted by molar-refractivity contribution is 6.20. The van der Waals surface area contributed by atoms with Crippen LogP contribution in [0.4, 0.5) is 0 Å². The van der Waals surface area contributed by atoms with Crippen molar-refractivity contribution in [2.45, 2.75) is 13.8 Å². The van der Waals surface area contributed by atoms with Crippen LogP contribution in [0.5, 0.6) is 0 Å². The molecule has 1 aliphatic carbocycles. The summed E-state index contributed by atoms with van der Waals surface area (Å²) in [5, 5.41) is 0. The molecule has 0 saturated heterocycles. The number of benzene rings is 2. The van der Waals surface area contributed by atoms with Crippen molar-refractivity contribution in [3.05, 3.63) is 76.9 Å². The van der Waals surface area contributed by atoms with Crippen LogP contribution < -0.4 is 0 Å². The first-order valence-corrected chi connectivity index (χ1v) is 7.46. The second kappa shape index (κ2) is 6.02. The average Bonchev–Trinajstić information content (AvgIpc) is 2.87.